The van der Waals surface area contributed by atoms with Crippen LogP contribution in [-0.4, -0.2) is 50.6 Å². The second kappa shape index (κ2) is 8.11. The molecule has 6 nitrogen and oxygen atoms in total. The molecule has 0 saturated carbocycles. The van der Waals surface area contributed by atoms with Gasteiger partial charge >= 0.3 is 0 Å². The molecule has 1 saturated heterocycles. The highest BCUT2D eigenvalue weighted by molar-refractivity contribution is 7.16. The molecule has 0 atom stereocenters. The number of aromatic nitrogens is 3. The van der Waals surface area contributed by atoms with Crippen LogP contribution in [0.4, 0.5) is 0 Å². The second-order valence-electron chi connectivity index (χ2n) is 7.87. The van der Waals surface area contributed by atoms with Crippen LogP contribution >= 0.6 is 11.3 Å². The first-order valence-corrected chi connectivity index (χ1v) is 10.7. The Morgan fingerprint density at radius 1 is 1.04 bits per heavy atom. The zero-order valence-electron chi connectivity index (χ0n) is 16.8. The van der Waals surface area contributed by atoms with E-state index in [4.69, 9.17) is 0 Å². The first-order chi connectivity index (χ1) is 13.5. The number of hydrogen-bond donors (Lipinski definition) is 0. The predicted molar refractivity (Wildman–Crippen MR) is 113 cm³/mol. The normalized spacial score (nSPS) is 16.3. The van der Waals surface area contributed by atoms with Gasteiger partial charge in [-0.2, -0.15) is 9.61 Å². The third-order valence-electron chi connectivity index (χ3n) is 5.29. The summed E-state index contributed by atoms with van der Waals surface area (Å²) in [7, 11) is 0. The average Bonchev–Trinajstić information content (AvgIpc) is 3.06. The van der Waals surface area contributed by atoms with Crippen LogP contribution in [0, 0.1) is 6.92 Å². The number of aryl methyl sites for hydroxylation is 1. The number of hydrogen-bond acceptors (Lipinski definition) is 6. The summed E-state index contributed by atoms with van der Waals surface area (Å²) in [5.41, 5.74) is 3.42. The van der Waals surface area contributed by atoms with Gasteiger partial charge in [-0.05, 0) is 24.0 Å². The lowest BCUT2D eigenvalue weighted by Crippen LogP contribution is -2.45. The van der Waals surface area contributed by atoms with Gasteiger partial charge in [0.2, 0.25) is 4.96 Å². The number of fused-ring (bicyclic) bond motifs is 1. The molecule has 1 aliphatic heterocycles. The highest BCUT2D eigenvalue weighted by atomic mass is 32.1. The molecule has 2 aromatic heterocycles. The van der Waals surface area contributed by atoms with Crippen molar-refractivity contribution >= 4 is 16.3 Å². The quantitative estimate of drug-likeness (QED) is 0.663. The van der Waals surface area contributed by atoms with Crippen molar-refractivity contribution < 1.29 is 0 Å². The van der Waals surface area contributed by atoms with Crippen molar-refractivity contribution in [1.82, 2.24) is 24.4 Å². The molecule has 0 N–H and O–H groups in total. The molecule has 0 bridgehead atoms. The third kappa shape index (κ3) is 4.32. The summed E-state index contributed by atoms with van der Waals surface area (Å²) in [6, 6.07) is 10.6. The summed E-state index contributed by atoms with van der Waals surface area (Å²) in [4.78, 5) is 22.0. The van der Waals surface area contributed by atoms with Gasteiger partial charge in [-0.15, -0.1) is 0 Å². The molecule has 1 fully saturated rings. The van der Waals surface area contributed by atoms with E-state index in [1.807, 2.05) is 6.92 Å². The first-order valence-electron chi connectivity index (χ1n) is 9.88. The second-order valence-corrected chi connectivity index (χ2v) is 8.92. The summed E-state index contributed by atoms with van der Waals surface area (Å²) >= 11 is 1.51. The predicted octanol–water partition coefficient (Wildman–Crippen LogP) is 2.90. The summed E-state index contributed by atoms with van der Waals surface area (Å²) in [5.74, 6) is 0.579. The van der Waals surface area contributed by atoms with E-state index in [1.54, 1.807) is 0 Å². The molecule has 28 heavy (non-hydrogen) atoms. The van der Waals surface area contributed by atoms with Gasteiger partial charge in [0.1, 0.15) is 5.01 Å². The zero-order valence-corrected chi connectivity index (χ0v) is 17.6. The number of nitrogens with zero attached hydrogens (tertiary/aromatic N) is 5. The van der Waals surface area contributed by atoms with Crippen LogP contribution in [0.25, 0.3) is 4.96 Å². The van der Waals surface area contributed by atoms with Gasteiger partial charge in [0.25, 0.3) is 5.56 Å². The van der Waals surface area contributed by atoms with Gasteiger partial charge in [-0.3, -0.25) is 14.6 Å². The topological polar surface area (TPSA) is 53.7 Å². The molecular weight excluding hydrogens is 370 g/mol. The monoisotopic (exact) mass is 397 g/mol. The van der Waals surface area contributed by atoms with Crippen LogP contribution in [0.3, 0.4) is 0 Å². The fourth-order valence-electron chi connectivity index (χ4n) is 3.59. The van der Waals surface area contributed by atoms with Gasteiger partial charge in [-0.25, -0.2) is 4.98 Å². The fourth-order valence-corrected chi connectivity index (χ4v) is 4.57. The van der Waals surface area contributed by atoms with Gasteiger partial charge in [0.15, 0.2) is 0 Å². The highest BCUT2D eigenvalue weighted by Crippen LogP contribution is 2.18. The van der Waals surface area contributed by atoms with E-state index < -0.39 is 0 Å². The van der Waals surface area contributed by atoms with Crippen molar-refractivity contribution in [2.75, 3.05) is 26.2 Å². The lowest BCUT2D eigenvalue weighted by Gasteiger charge is -2.34. The maximum absolute atomic E-state index is 12.0. The van der Waals surface area contributed by atoms with E-state index in [9.17, 15) is 4.79 Å². The van der Waals surface area contributed by atoms with Gasteiger partial charge in [-0.1, -0.05) is 49.4 Å². The molecule has 0 aliphatic carbocycles. The van der Waals surface area contributed by atoms with Crippen LogP contribution in [0.15, 0.2) is 35.1 Å². The molecule has 3 heterocycles. The maximum Gasteiger partial charge on any atom is 0.275 e. The van der Waals surface area contributed by atoms with Crippen LogP contribution < -0.4 is 5.56 Å². The zero-order chi connectivity index (χ0) is 19.7. The Bertz CT molecular complexity index is 1000. The SMILES string of the molecule is Cc1cc(=O)n2nc(CN3CCN(Cc4ccc(C(C)C)cc4)CC3)sc2n1. The van der Waals surface area contributed by atoms with Crippen molar-refractivity contribution in [2.45, 2.75) is 39.8 Å². The molecule has 4 rings (SSSR count). The van der Waals surface area contributed by atoms with Crippen molar-refractivity contribution in [3.8, 4) is 0 Å². The summed E-state index contributed by atoms with van der Waals surface area (Å²) in [5, 5.41) is 5.41. The Hall–Kier alpha value is -2.09. The molecule has 148 valence electrons. The Morgan fingerprint density at radius 2 is 1.68 bits per heavy atom. The third-order valence-corrected chi connectivity index (χ3v) is 6.18. The minimum Gasteiger partial charge on any atom is -0.297 e. The molecule has 0 unspecified atom stereocenters. The molecule has 7 heteroatoms. The largest absolute Gasteiger partial charge is 0.297 e. The Kier molecular flexibility index (Phi) is 5.57. The number of piperazine rings is 1. The molecule has 0 amide bonds. The Balaban J connectivity index is 1.33. The smallest absolute Gasteiger partial charge is 0.275 e. The van der Waals surface area contributed by atoms with Crippen LogP contribution in [0.1, 0.15) is 41.6 Å². The number of benzene rings is 1. The van der Waals surface area contributed by atoms with Crippen molar-refractivity contribution in [2.24, 2.45) is 0 Å². The lowest BCUT2D eigenvalue weighted by atomic mass is 10.0. The van der Waals surface area contributed by atoms with Gasteiger partial charge in [0, 0.05) is 44.5 Å². The summed E-state index contributed by atoms with van der Waals surface area (Å²) in [6.45, 7) is 12.2. The molecular formula is C21H27N5OS. The lowest BCUT2D eigenvalue weighted by molar-refractivity contribution is 0.121. The van der Waals surface area contributed by atoms with E-state index >= 15 is 0 Å². The highest BCUT2D eigenvalue weighted by Gasteiger charge is 2.19. The van der Waals surface area contributed by atoms with Gasteiger partial charge < -0.3 is 0 Å². The average molecular weight is 398 g/mol. The van der Waals surface area contributed by atoms with E-state index in [1.165, 1.54) is 33.0 Å². The van der Waals surface area contributed by atoms with E-state index in [0.717, 1.165) is 50.0 Å². The Labute approximate surface area is 169 Å². The van der Waals surface area contributed by atoms with Crippen molar-refractivity contribution in [3.63, 3.8) is 0 Å². The van der Waals surface area contributed by atoms with Crippen molar-refractivity contribution in [3.05, 3.63) is 62.5 Å². The summed E-state index contributed by atoms with van der Waals surface area (Å²) < 4.78 is 1.42. The van der Waals surface area contributed by atoms with Crippen molar-refractivity contribution in [1.29, 1.82) is 0 Å². The minimum atomic E-state index is -0.0988. The Morgan fingerprint density at radius 3 is 2.32 bits per heavy atom. The van der Waals surface area contributed by atoms with E-state index in [2.05, 4.69) is 58.0 Å². The molecule has 1 aliphatic rings. The first kappa shape index (κ1) is 19.2. The van der Waals surface area contributed by atoms with E-state index in [0.29, 0.717) is 10.9 Å². The van der Waals surface area contributed by atoms with Gasteiger partial charge in [0.05, 0.1) is 6.54 Å². The van der Waals surface area contributed by atoms with Crippen LogP contribution in [0.5, 0.6) is 0 Å². The minimum absolute atomic E-state index is 0.0988. The standard InChI is InChI=1S/C21H27N5OS/c1-15(2)18-6-4-17(5-7-18)13-24-8-10-25(11-9-24)14-19-23-26-20(27)12-16(3)22-21(26)28-19/h4-7,12,15H,8-11,13-14H2,1-3H3. The van der Waals surface area contributed by atoms with E-state index in [-0.39, 0.29) is 5.56 Å². The van der Waals surface area contributed by atoms with Crippen LogP contribution in [-0.2, 0) is 13.1 Å². The fraction of sp³-hybridized carbons (Fsp3) is 0.476. The molecule has 0 spiro atoms. The molecule has 1 aromatic carbocycles. The maximum atomic E-state index is 12.0. The van der Waals surface area contributed by atoms with Crippen LogP contribution in [0.2, 0.25) is 0 Å². The number of rotatable bonds is 5. The molecule has 0 radical (unpaired) electrons. The summed E-state index contributed by atoms with van der Waals surface area (Å²) in [6.07, 6.45) is 0. The molecule has 3 aromatic rings.